The minimum atomic E-state index is -0.906. The Morgan fingerprint density at radius 1 is 1.36 bits per heavy atom. The van der Waals surface area contributed by atoms with Crippen LogP contribution in [0.2, 0.25) is 5.02 Å². The number of aliphatic carboxylic acids is 1. The minimum absolute atomic E-state index is 0.0487. The summed E-state index contributed by atoms with van der Waals surface area (Å²) in [5.41, 5.74) is 1.03. The molecule has 0 saturated heterocycles. The fourth-order valence-corrected chi connectivity index (χ4v) is 2.51. The predicted molar refractivity (Wildman–Crippen MR) is 84.9 cm³/mol. The molecule has 22 heavy (non-hydrogen) atoms. The molecule has 1 aromatic carbocycles. The molecule has 0 spiro atoms. The van der Waals surface area contributed by atoms with Crippen LogP contribution in [0, 0.1) is 11.8 Å². The summed E-state index contributed by atoms with van der Waals surface area (Å²) >= 11 is 5.90. The van der Waals surface area contributed by atoms with Gasteiger partial charge in [0, 0.05) is 18.6 Å². The first-order valence-electron chi connectivity index (χ1n) is 7.38. The molecule has 0 radical (unpaired) electrons. The molecule has 6 heteroatoms. The lowest BCUT2D eigenvalue weighted by Crippen LogP contribution is -2.42. The number of halogens is 1. The van der Waals surface area contributed by atoms with Crippen LogP contribution in [0.3, 0.4) is 0 Å². The number of hydrogen-bond acceptors (Lipinski definition) is 2. The van der Waals surface area contributed by atoms with Gasteiger partial charge in [-0.3, -0.25) is 4.79 Å². The number of rotatable bonds is 6. The van der Waals surface area contributed by atoms with Gasteiger partial charge in [-0.25, -0.2) is 4.79 Å². The summed E-state index contributed by atoms with van der Waals surface area (Å²) in [6.07, 6.45) is 2.17. The van der Waals surface area contributed by atoms with Gasteiger partial charge in [0.1, 0.15) is 0 Å². The van der Waals surface area contributed by atoms with E-state index in [1.165, 1.54) is 4.90 Å². The molecule has 5 nitrogen and oxygen atoms in total. The minimum Gasteiger partial charge on any atom is -0.481 e. The molecule has 1 aliphatic carbocycles. The standard InChI is InChI=1S/C16H21ClN2O3/c1-10(15(20)21)9-19(2)16(22)18-14(11-3-4-11)12-5-7-13(17)8-6-12/h5-8,10-11,14H,3-4,9H2,1-2H3,(H,18,22)(H,20,21). The molecule has 2 unspecified atom stereocenters. The molecule has 120 valence electrons. The molecule has 2 amide bonds. The van der Waals surface area contributed by atoms with Crippen molar-refractivity contribution in [2.24, 2.45) is 11.8 Å². The summed E-state index contributed by atoms with van der Waals surface area (Å²) in [4.78, 5) is 24.6. The normalized spacial score (nSPS) is 16.7. The van der Waals surface area contributed by atoms with Gasteiger partial charge in [0.05, 0.1) is 12.0 Å². The second kappa shape index (κ2) is 7.01. The highest BCUT2D eigenvalue weighted by atomic mass is 35.5. The van der Waals surface area contributed by atoms with Crippen molar-refractivity contribution in [3.05, 3.63) is 34.9 Å². The number of carboxylic acids is 1. The van der Waals surface area contributed by atoms with Gasteiger partial charge in [0.15, 0.2) is 0 Å². The first-order chi connectivity index (χ1) is 10.4. The Balaban J connectivity index is 2.00. The fourth-order valence-electron chi connectivity index (χ4n) is 2.39. The lowest BCUT2D eigenvalue weighted by Gasteiger charge is -2.25. The topological polar surface area (TPSA) is 69.6 Å². The Hall–Kier alpha value is -1.75. The Morgan fingerprint density at radius 2 is 1.95 bits per heavy atom. The van der Waals surface area contributed by atoms with Crippen LogP contribution in [-0.2, 0) is 4.79 Å². The van der Waals surface area contributed by atoms with Gasteiger partial charge in [0.2, 0.25) is 0 Å². The Labute approximate surface area is 135 Å². The van der Waals surface area contributed by atoms with Crippen LogP contribution in [0.25, 0.3) is 0 Å². The number of benzene rings is 1. The number of carbonyl (C=O) groups excluding carboxylic acids is 1. The quantitative estimate of drug-likeness (QED) is 0.844. The largest absolute Gasteiger partial charge is 0.481 e. The van der Waals surface area contributed by atoms with E-state index in [1.807, 2.05) is 24.3 Å². The summed E-state index contributed by atoms with van der Waals surface area (Å²) in [7, 11) is 1.61. The second-order valence-corrected chi connectivity index (χ2v) is 6.37. The maximum absolute atomic E-state index is 12.3. The van der Waals surface area contributed by atoms with Gasteiger partial charge >= 0.3 is 12.0 Å². The van der Waals surface area contributed by atoms with Crippen LogP contribution in [0.5, 0.6) is 0 Å². The van der Waals surface area contributed by atoms with Crippen LogP contribution >= 0.6 is 11.6 Å². The second-order valence-electron chi connectivity index (χ2n) is 5.94. The van der Waals surface area contributed by atoms with Crippen LogP contribution in [0.4, 0.5) is 4.79 Å². The third-order valence-electron chi connectivity index (χ3n) is 3.92. The van der Waals surface area contributed by atoms with Crippen molar-refractivity contribution in [1.82, 2.24) is 10.2 Å². The SMILES string of the molecule is CC(CN(C)C(=O)NC(c1ccc(Cl)cc1)C1CC1)C(=O)O. The third kappa shape index (κ3) is 4.37. The lowest BCUT2D eigenvalue weighted by atomic mass is 10.0. The Bertz CT molecular complexity index is 543. The molecule has 0 bridgehead atoms. The molecular weight excluding hydrogens is 304 g/mol. The van der Waals surface area contributed by atoms with E-state index in [9.17, 15) is 9.59 Å². The zero-order chi connectivity index (χ0) is 16.3. The first kappa shape index (κ1) is 16.6. The van der Waals surface area contributed by atoms with E-state index in [-0.39, 0.29) is 18.6 Å². The monoisotopic (exact) mass is 324 g/mol. The molecule has 1 aliphatic rings. The number of nitrogens with zero attached hydrogens (tertiary/aromatic N) is 1. The number of carboxylic acid groups (broad SMARTS) is 1. The van der Waals surface area contributed by atoms with E-state index in [0.29, 0.717) is 10.9 Å². The average molecular weight is 325 g/mol. The molecule has 0 aliphatic heterocycles. The highest BCUT2D eigenvalue weighted by Gasteiger charge is 2.34. The smallest absolute Gasteiger partial charge is 0.317 e. The zero-order valence-corrected chi connectivity index (χ0v) is 13.5. The molecular formula is C16H21ClN2O3. The van der Waals surface area contributed by atoms with Crippen molar-refractivity contribution >= 4 is 23.6 Å². The third-order valence-corrected chi connectivity index (χ3v) is 4.17. The average Bonchev–Trinajstić information content (AvgIpc) is 3.29. The highest BCUT2D eigenvalue weighted by Crippen LogP contribution is 2.41. The molecule has 2 N–H and O–H groups in total. The molecule has 1 saturated carbocycles. The van der Waals surface area contributed by atoms with Gasteiger partial charge in [0.25, 0.3) is 0 Å². The van der Waals surface area contributed by atoms with E-state index < -0.39 is 11.9 Å². The number of nitrogens with one attached hydrogen (secondary N) is 1. The number of amides is 2. The molecule has 2 atom stereocenters. The van der Waals surface area contributed by atoms with Crippen molar-refractivity contribution < 1.29 is 14.7 Å². The highest BCUT2D eigenvalue weighted by molar-refractivity contribution is 6.30. The Morgan fingerprint density at radius 3 is 2.45 bits per heavy atom. The van der Waals surface area contributed by atoms with E-state index >= 15 is 0 Å². The predicted octanol–water partition coefficient (Wildman–Crippen LogP) is 3.15. The summed E-state index contributed by atoms with van der Waals surface area (Å²) in [5.74, 6) is -1.06. The summed E-state index contributed by atoms with van der Waals surface area (Å²) < 4.78 is 0. The molecule has 2 rings (SSSR count). The number of urea groups is 1. The Kier molecular flexibility index (Phi) is 5.29. The van der Waals surface area contributed by atoms with Crippen LogP contribution in [0.1, 0.15) is 31.4 Å². The fraction of sp³-hybridized carbons (Fsp3) is 0.500. The molecule has 0 aromatic heterocycles. The van der Waals surface area contributed by atoms with E-state index in [0.717, 1.165) is 18.4 Å². The van der Waals surface area contributed by atoms with Gasteiger partial charge < -0.3 is 15.3 Å². The van der Waals surface area contributed by atoms with Crippen molar-refractivity contribution in [2.45, 2.75) is 25.8 Å². The van der Waals surface area contributed by atoms with Crippen LogP contribution in [-0.4, -0.2) is 35.6 Å². The van der Waals surface area contributed by atoms with Crippen LogP contribution < -0.4 is 5.32 Å². The van der Waals surface area contributed by atoms with Crippen LogP contribution in [0.15, 0.2) is 24.3 Å². The van der Waals surface area contributed by atoms with E-state index in [1.54, 1.807) is 14.0 Å². The summed E-state index contributed by atoms with van der Waals surface area (Å²) in [6.45, 7) is 1.77. The number of carbonyl (C=O) groups is 2. The van der Waals surface area contributed by atoms with Crippen molar-refractivity contribution in [3.8, 4) is 0 Å². The summed E-state index contributed by atoms with van der Waals surface area (Å²) in [5, 5.41) is 12.6. The van der Waals surface area contributed by atoms with Gasteiger partial charge in [-0.1, -0.05) is 30.7 Å². The molecule has 1 fully saturated rings. The van der Waals surface area contributed by atoms with E-state index in [2.05, 4.69) is 5.32 Å². The van der Waals surface area contributed by atoms with E-state index in [4.69, 9.17) is 16.7 Å². The van der Waals surface area contributed by atoms with Gasteiger partial charge in [-0.2, -0.15) is 0 Å². The van der Waals surface area contributed by atoms with Crippen molar-refractivity contribution in [1.29, 1.82) is 0 Å². The maximum atomic E-state index is 12.3. The molecule has 0 heterocycles. The first-order valence-corrected chi connectivity index (χ1v) is 7.76. The zero-order valence-electron chi connectivity index (χ0n) is 12.8. The van der Waals surface area contributed by atoms with Crippen molar-refractivity contribution in [3.63, 3.8) is 0 Å². The van der Waals surface area contributed by atoms with Crippen molar-refractivity contribution in [2.75, 3.05) is 13.6 Å². The number of hydrogen-bond donors (Lipinski definition) is 2. The van der Waals surface area contributed by atoms with Gasteiger partial charge in [-0.15, -0.1) is 0 Å². The van der Waals surface area contributed by atoms with Gasteiger partial charge in [-0.05, 0) is 36.5 Å². The summed E-state index contributed by atoms with van der Waals surface area (Å²) in [6, 6.07) is 7.17. The lowest BCUT2D eigenvalue weighted by molar-refractivity contribution is -0.141. The maximum Gasteiger partial charge on any atom is 0.317 e. The molecule has 1 aromatic rings.